The lowest BCUT2D eigenvalue weighted by molar-refractivity contribution is 0.487. The number of ether oxygens (including phenoxy) is 1. The first-order chi connectivity index (χ1) is 31.1. The van der Waals surface area contributed by atoms with E-state index < -0.39 is 0 Å². The number of fused-ring (bicyclic) bond motifs is 11. The van der Waals surface area contributed by atoms with Crippen LogP contribution in [0, 0.1) is 38.2 Å². The maximum absolute atomic E-state index is 7.42. The van der Waals surface area contributed by atoms with Crippen LogP contribution in [0.25, 0.3) is 27.5 Å². The molecule has 4 aliphatic heterocycles. The van der Waals surface area contributed by atoms with Crippen LogP contribution in [0.1, 0.15) is 53.1 Å². The van der Waals surface area contributed by atoms with E-state index in [-0.39, 0.29) is 13.4 Å². The van der Waals surface area contributed by atoms with E-state index in [2.05, 4.69) is 212 Å². The van der Waals surface area contributed by atoms with E-state index >= 15 is 0 Å². The van der Waals surface area contributed by atoms with E-state index in [0.29, 0.717) is 0 Å². The third-order valence-corrected chi connectivity index (χ3v) is 15.2. The summed E-state index contributed by atoms with van der Waals surface area (Å²) in [6, 6.07) is 51.5. The van der Waals surface area contributed by atoms with Gasteiger partial charge >= 0.3 is 0 Å². The van der Waals surface area contributed by atoms with Crippen LogP contribution in [-0.4, -0.2) is 18.0 Å². The van der Waals surface area contributed by atoms with Crippen molar-refractivity contribution in [2.75, 3.05) is 9.80 Å². The van der Waals surface area contributed by atoms with Gasteiger partial charge in [-0.25, -0.2) is 0 Å². The van der Waals surface area contributed by atoms with Crippen LogP contribution in [0.15, 0.2) is 133 Å². The van der Waals surface area contributed by atoms with E-state index in [4.69, 9.17) is 4.74 Å². The molecule has 9 aromatic rings. The molecule has 0 atom stereocenters. The van der Waals surface area contributed by atoms with Gasteiger partial charge in [0.15, 0.2) is 0 Å². The van der Waals surface area contributed by atoms with Gasteiger partial charge in [-0.1, -0.05) is 95.8 Å². The van der Waals surface area contributed by atoms with E-state index in [1.165, 1.54) is 126 Å². The standard InChI is InChI=1S/C57H46B2IN3O/c1-7-8-11-37-26-49-56-53(27-37)64-52-31-48-43(30-44(52)59(56)54-36(6)10-9-12-47(54)61(49)39-18-13-32(2)14-19-39)58-45-25-35(5)24-42-41-23-34(4)17-22-46(41)63(57(42)45)51-29-38(60)28-50(55(51)58)62(48)40-20-15-33(3)16-21-40/h9-10,12-31H,7-8,11H2,1-6H3. The molecule has 13 rings (SSSR count). The predicted octanol–water partition coefficient (Wildman–Crippen LogP) is 11.3. The van der Waals surface area contributed by atoms with Crippen LogP contribution >= 0.6 is 22.6 Å². The summed E-state index contributed by atoms with van der Waals surface area (Å²) >= 11 is 2.55. The number of unbranched alkanes of at least 4 members (excludes halogenated alkanes) is 1. The van der Waals surface area contributed by atoms with Gasteiger partial charge < -0.3 is 19.1 Å². The van der Waals surface area contributed by atoms with Crippen LogP contribution in [-0.2, 0) is 6.42 Å². The Labute approximate surface area is 389 Å². The molecule has 0 radical (unpaired) electrons. The van der Waals surface area contributed by atoms with Crippen LogP contribution in [0.3, 0.4) is 0 Å². The molecule has 5 heterocycles. The predicted molar refractivity (Wildman–Crippen MR) is 281 cm³/mol. The Kier molecular flexibility index (Phi) is 8.32. The highest BCUT2D eigenvalue weighted by atomic mass is 127. The summed E-state index contributed by atoms with van der Waals surface area (Å²) in [5.74, 6) is 1.91. The Morgan fingerprint density at radius 3 is 1.95 bits per heavy atom. The molecule has 4 nitrogen and oxygen atoms in total. The van der Waals surface area contributed by atoms with Gasteiger partial charge in [0.1, 0.15) is 11.5 Å². The topological polar surface area (TPSA) is 20.6 Å². The Morgan fingerprint density at radius 2 is 1.20 bits per heavy atom. The number of hydrogen-bond donors (Lipinski definition) is 0. The maximum atomic E-state index is 7.42. The smallest absolute Gasteiger partial charge is 0.256 e. The molecule has 0 amide bonds. The lowest BCUT2D eigenvalue weighted by atomic mass is 9.30. The molecule has 64 heavy (non-hydrogen) atoms. The summed E-state index contributed by atoms with van der Waals surface area (Å²) in [5, 5.41) is 2.64. The summed E-state index contributed by atoms with van der Waals surface area (Å²) in [4.78, 5) is 5.04. The maximum Gasteiger partial charge on any atom is 0.256 e. The van der Waals surface area contributed by atoms with Gasteiger partial charge in [0, 0.05) is 65.7 Å². The molecule has 0 bridgehead atoms. The van der Waals surface area contributed by atoms with Crippen molar-refractivity contribution in [3.05, 3.63) is 170 Å². The van der Waals surface area contributed by atoms with E-state index in [9.17, 15) is 0 Å². The van der Waals surface area contributed by atoms with Gasteiger partial charge in [-0.05, 0) is 181 Å². The molecule has 0 N–H and O–H groups in total. The fraction of sp³-hybridized carbons (Fsp3) is 0.158. The van der Waals surface area contributed by atoms with Gasteiger partial charge in [-0.2, -0.15) is 0 Å². The van der Waals surface area contributed by atoms with Gasteiger partial charge in [0.05, 0.1) is 5.52 Å². The third kappa shape index (κ3) is 5.37. The molecule has 4 aliphatic rings. The molecule has 0 unspecified atom stereocenters. The highest BCUT2D eigenvalue weighted by molar-refractivity contribution is 14.1. The van der Waals surface area contributed by atoms with Crippen LogP contribution < -0.4 is 47.3 Å². The van der Waals surface area contributed by atoms with Crippen molar-refractivity contribution < 1.29 is 4.74 Å². The number of rotatable bonds is 5. The van der Waals surface area contributed by atoms with Crippen molar-refractivity contribution in [2.24, 2.45) is 0 Å². The van der Waals surface area contributed by atoms with Gasteiger partial charge in [0.25, 0.3) is 13.4 Å². The molecular formula is C57H46B2IN3O. The molecule has 7 heteroatoms. The monoisotopic (exact) mass is 937 g/mol. The fourth-order valence-electron chi connectivity index (χ4n) is 11.8. The van der Waals surface area contributed by atoms with Crippen molar-refractivity contribution in [2.45, 2.75) is 60.8 Å². The van der Waals surface area contributed by atoms with Crippen LogP contribution in [0.5, 0.6) is 11.5 Å². The minimum atomic E-state index is -0.0156. The van der Waals surface area contributed by atoms with E-state index in [1.54, 1.807) is 0 Å². The van der Waals surface area contributed by atoms with Crippen molar-refractivity contribution >= 4 is 125 Å². The van der Waals surface area contributed by atoms with Gasteiger partial charge in [-0.3, -0.25) is 0 Å². The average Bonchev–Trinajstić information content (AvgIpc) is 3.60. The van der Waals surface area contributed by atoms with Gasteiger partial charge in [-0.15, -0.1) is 0 Å². The second-order valence-corrected chi connectivity index (χ2v) is 20.1. The first kappa shape index (κ1) is 38.3. The quantitative estimate of drug-likeness (QED) is 0.127. The first-order valence-electron chi connectivity index (χ1n) is 22.9. The van der Waals surface area contributed by atoms with E-state index in [1.807, 2.05) is 0 Å². The Balaban J connectivity index is 1.13. The molecule has 1 aromatic heterocycles. The molecule has 8 aromatic carbocycles. The number of aryl methyl sites for hydroxylation is 6. The largest absolute Gasteiger partial charge is 0.458 e. The zero-order valence-corrected chi connectivity index (χ0v) is 39.3. The lowest BCUT2D eigenvalue weighted by Gasteiger charge is -2.43. The molecule has 0 saturated carbocycles. The highest BCUT2D eigenvalue weighted by Gasteiger charge is 2.47. The number of hydrogen-bond acceptors (Lipinski definition) is 3. The third-order valence-electron chi connectivity index (χ3n) is 14.6. The lowest BCUT2D eigenvalue weighted by Crippen LogP contribution is -2.64. The molecule has 0 aliphatic carbocycles. The average molecular weight is 938 g/mol. The van der Waals surface area contributed by atoms with E-state index in [0.717, 1.165) is 36.4 Å². The van der Waals surface area contributed by atoms with Crippen LogP contribution in [0.2, 0.25) is 0 Å². The summed E-state index contributed by atoms with van der Waals surface area (Å²) in [6.45, 7) is 13.4. The second-order valence-electron chi connectivity index (χ2n) is 18.9. The Hall–Kier alpha value is -6.18. The first-order valence-corrected chi connectivity index (χ1v) is 24.0. The zero-order valence-electron chi connectivity index (χ0n) is 37.1. The minimum Gasteiger partial charge on any atom is -0.458 e. The highest BCUT2D eigenvalue weighted by Crippen LogP contribution is 2.46. The molecular weight excluding hydrogens is 891 g/mol. The number of anilines is 6. The number of benzene rings is 8. The Morgan fingerprint density at radius 1 is 0.516 bits per heavy atom. The summed E-state index contributed by atoms with van der Waals surface area (Å²) in [7, 11) is 0. The van der Waals surface area contributed by atoms with Crippen molar-refractivity contribution in [1.82, 2.24) is 4.57 Å². The zero-order chi connectivity index (χ0) is 43.3. The molecule has 0 spiro atoms. The number of aromatic nitrogens is 1. The summed E-state index contributed by atoms with van der Waals surface area (Å²) < 4.78 is 11.2. The summed E-state index contributed by atoms with van der Waals surface area (Å²) in [6.07, 6.45) is 3.27. The number of halogens is 1. The second kappa shape index (κ2) is 13.9. The van der Waals surface area contributed by atoms with Crippen LogP contribution in [0.4, 0.5) is 34.1 Å². The molecule has 0 fully saturated rings. The SMILES string of the molecule is CCCCc1cc2c3c(c1)N(c1ccc(C)cc1)c1cccc(C)c1B3c1cc3c(cc1O2)N(c1ccc(C)cc1)c1cc(I)cc2c1B3c1cc(C)cc3c4cc(C)ccc4n-2c13. The summed E-state index contributed by atoms with van der Waals surface area (Å²) in [5.41, 5.74) is 26.6. The molecule has 308 valence electrons. The number of nitrogens with zero attached hydrogens (tertiary/aromatic N) is 3. The normalized spacial score (nSPS) is 13.7. The Bertz CT molecular complexity index is 3500. The minimum absolute atomic E-state index is 0.00517. The van der Waals surface area contributed by atoms with Gasteiger partial charge in [0.2, 0.25) is 0 Å². The fourth-order valence-corrected chi connectivity index (χ4v) is 12.3. The van der Waals surface area contributed by atoms with Crippen molar-refractivity contribution in [3.8, 4) is 17.2 Å². The van der Waals surface area contributed by atoms with Crippen molar-refractivity contribution in [1.29, 1.82) is 0 Å². The van der Waals surface area contributed by atoms with Crippen molar-refractivity contribution in [3.63, 3.8) is 0 Å². The molecule has 0 saturated heterocycles.